The van der Waals surface area contributed by atoms with Crippen LogP contribution in [0.2, 0.25) is 0 Å². The molecule has 0 amide bonds. The molecule has 2 unspecified atom stereocenters. The molecule has 8 aromatic rings. The standard InChI is InChI=1S/C56H47F5N2/c1-32(2)44-10-7-11-45(33(3)4)53(44)62-55-46-12-5-8-34-9-6-13-47(52(34)46)56(55)63-54-48(50(35-14-22-39(57)23-15-35)36-16-24-40(58)25-17-36)30-43(61)31-49(54)51(37-18-26-41(59)27-19-37)38-20-28-42(60)29-21-38/h5-33,50-51,55-56,62-63H,1-4H3. The van der Waals surface area contributed by atoms with Crippen LogP contribution in [0.15, 0.2) is 164 Å². The lowest BCUT2D eigenvalue weighted by Gasteiger charge is -2.34. The third-order valence-electron chi connectivity index (χ3n) is 12.5. The normalized spacial score (nSPS) is 14.7. The number of para-hydroxylation sites is 1. The van der Waals surface area contributed by atoms with Crippen molar-refractivity contribution in [1.82, 2.24) is 0 Å². The van der Waals surface area contributed by atoms with Gasteiger partial charge < -0.3 is 10.6 Å². The van der Waals surface area contributed by atoms with Crippen LogP contribution < -0.4 is 10.6 Å². The number of hydrogen-bond donors (Lipinski definition) is 2. The zero-order chi connectivity index (χ0) is 43.9. The van der Waals surface area contributed by atoms with Crippen LogP contribution in [0.1, 0.15) is 119 Å². The van der Waals surface area contributed by atoms with E-state index < -0.39 is 47.0 Å². The summed E-state index contributed by atoms with van der Waals surface area (Å²) in [5.41, 5.74) is 9.81. The molecule has 0 heterocycles. The van der Waals surface area contributed by atoms with E-state index >= 15 is 4.39 Å². The van der Waals surface area contributed by atoms with E-state index in [1.54, 1.807) is 48.5 Å². The van der Waals surface area contributed by atoms with E-state index in [1.807, 2.05) is 6.07 Å². The first-order chi connectivity index (χ1) is 30.4. The third-order valence-corrected chi connectivity index (χ3v) is 12.5. The van der Waals surface area contributed by atoms with Gasteiger partial charge in [-0.3, -0.25) is 0 Å². The molecule has 1 aliphatic carbocycles. The molecule has 9 rings (SSSR count). The summed E-state index contributed by atoms with van der Waals surface area (Å²) in [6.45, 7) is 8.77. The Bertz CT molecular complexity index is 2670. The maximum absolute atomic E-state index is 16.9. The fourth-order valence-corrected chi connectivity index (χ4v) is 9.62. The lowest BCUT2D eigenvalue weighted by molar-refractivity contribution is 0.617. The van der Waals surface area contributed by atoms with Crippen molar-refractivity contribution < 1.29 is 22.0 Å². The molecule has 0 aromatic heterocycles. The highest BCUT2D eigenvalue weighted by Gasteiger charge is 2.38. The van der Waals surface area contributed by atoms with Crippen molar-refractivity contribution in [3.05, 3.63) is 249 Å². The van der Waals surface area contributed by atoms with Crippen molar-refractivity contribution in [2.75, 3.05) is 10.6 Å². The highest BCUT2D eigenvalue weighted by molar-refractivity contribution is 5.93. The second kappa shape index (κ2) is 17.2. The van der Waals surface area contributed by atoms with E-state index in [0.29, 0.717) is 39.1 Å². The molecule has 2 N–H and O–H groups in total. The Labute approximate surface area is 365 Å². The van der Waals surface area contributed by atoms with Gasteiger partial charge in [-0.05, 0) is 139 Å². The topological polar surface area (TPSA) is 24.1 Å². The van der Waals surface area contributed by atoms with Gasteiger partial charge in [-0.25, -0.2) is 22.0 Å². The first-order valence-electron chi connectivity index (χ1n) is 21.5. The maximum Gasteiger partial charge on any atom is 0.123 e. The smallest absolute Gasteiger partial charge is 0.123 e. The van der Waals surface area contributed by atoms with Crippen molar-refractivity contribution in [1.29, 1.82) is 0 Å². The van der Waals surface area contributed by atoms with Gasteiger partial charge >= 0.3 is 0 Å². The van der Waals surface area contributed by atoms with Crippen molar-refractivity contribution in [2.45, 2.75) is 63.5 Å². The van der Waals surface area contributed by atoms with Crippen LogP contribution >= 0.6 is 0 Å². The van der Waals surface area contributed by atoms with Crippen LogP contribution in [0.25, 0.3) is 10.8 Å². The molecule has 8 aromatic carbocycles. The summed E-state index contributed by atoms with van der Waals surface area (Å²) in [6, 6.07) is 45.6. The van der Waals surface area contributed by atoms with Crippen LogP contribution in [0.3, 0.4) is 0 Å². The molecule has 0 aliphatic heterocycles. The van der Waals surface area contributed by atoms with Crippen molar-refractivity contribution in [3.8, 4) is 0 Å². The second-order valence-corrected chi connectivity index (χ2v) is 17.2. The van der Waals surface area contributed by atoms with Gasteiger partial charge in [-0.15, -0.1) is 0 Å². The summed E-state index contributed by atoms with van der Waals surface area (Å²) in [5.74, 6) is -3.29. The predicted molar refractivity (Wildman–Crippen MR) is 245 cm³/mol. The molecule has 0 spiro atoms. The Morgan fingerprint density at radius 2 is 0.683 bits per heavy atom. The zero-order valence-corrected chi connectivity index (χ0v) is 35.4. The van der Waals surface area contributed by atoms with Crippen molar-refractivity contribution >= 4 is 22.1 Å². The minimum Gasteiger partial charge on any atom is -0.375 e. The molecule has 63 heavy (non-hydrogen) atoms. The van der Waals surface area contributed by atoms with Gasteiger partial charge in [-0.2, -0.15) is 0 Å². The first kappa shape index (κ1) is 41.6. The van der Waals surface area contributed by atoms with Gasteiger partial charge in [0.2, 0.25) is 0 Å². The Morgan fingerprint density at radius 1 is 0.365 bits per heavy atom. The highest BCUT2D eigenvalue weighted by atomic mass is 19.1. The molecule has 1 aliphatic rings. The summed E-state index contributed by atoms with van der Waals surface area (Å²) >= 11 is 0. The number of halogens is 5. The minimum atomic E-state index is -0.717. The van der Waals surface area contributed by atoms with E-state index in [-0.39, 0.29) is 17.9 Å². The summed E-state index contributed by atoms with van der Waals surface area (Å²) in [7, 11) is 0. The maximum atomic E-state index is 16.9. The van der Waals surface area contributed by atoms with Gasteiger partial charge in [0.1, 0.15) is 29.1 Å². The molecule has 2 nitrogen and oxygen atoms in total. The SMILES string of the molecule is CC(C)c1cccc(C(C)C)c1NC1c2cccc3cccc(c23)C1Nc1c(C(c2ccc(F)cc2)c2ccc(F)cc2)cc(F)cc1C(c1ccc(F)cc1)c1ccc(F)cc1. The number of benzene rings is 8. The van der Waals surface area contributed by atoms with E-state index in [4.69, 9.17) is 0 Å². The largest absolute Gasteiger partial charge is 0.375 e. The average Bonchev–Trinajstić information content (AvgIpc) is 3.57. The molecule has 0 saturated heterocycles. The molecule has 2 atom stereocenters. The van der Waals surface area contributed by atoms with E-state index in [1.165, 1.54) is 71.8 Å². The molecular formula is C56H47F5N2. The van der Waals surface area contributed by atoms with Gasteiger partial charge in [0, 0.05) is 23.2 Å². The van der Waals surface area contributed by atoms with Gasteiger partial charge in [0.15, 0.2) is 0 Å². The van der Waals surface area contributed by atoms with Crippen LogP contribution in [0.5, 0.6) is 0 Å². The van der Waals surface area contributed by atoms with Crippen molar-refractivity contribution in [2.24, 2.45) is 0 Å². The Hall–Kier alpha value is -6.73. The number of hydrogen-bond acceptors (Lipinski definition) is 2. The molecule has 0 fully saturated rings. The summed E-state index contributed by atoms with van der Waals surface area (Å²) in [5, 5.41) is 10.3. The molecule has 0 bridgehead atoms. The molecule has 316 valence electrons. The average molecular weight is 843 g/mol. The fraction of sp³-hybridized carbons (Fsp3) is 0.179. The number of nitrogens with one attached hydrogen (secondary N) is 2. The lowest BCUT2D eigenvalue weighted by atomic mass is 9.78. The second-order valence-electron chi connectivity index (χ2n) is 17.2. The van der Waals surface area contributed by atoms with E-state index in [0.717, 1.165) is 27.6 Å². The number of rotatable bonds is 12. The van der Waals surface area contributed by atoms with E-state index in [9.17, 15) is 17.6 Å². The van der Waals surface area contributed by atoms with Crippen LogP contribution in [0, 0.1) is 29.1 Å². The molecule has 7 heteroatoms. The lowest BCUT2D eigenvalue weighted by Crippen LogP contribution is -2.25. The Balaban J connectivity index is 1.34. The summed E-state index contributed by atoms with van der Waals surface area (Å²) in [4.78, 5) is 0. The fourth-order valence-electron chi connectivity index (χ4n) is 9.62. The molecule has 0 saturated carbocycles. The summed E-state index contributed by atoms with van der Waals surface area (Å²) in [6.07, 6.45) is 0. The third kappa shape index (κ3) is 8.09. The first-order valence-corrected chi connectivity index (χ1v) is 21.5. The zero-order valence-electron chi connectivity index (χ0n) is 35.4. The van der Waals surface area contributed by atoms with Gasteiger partial charge in [-0.1, -0.05) is 131 Å². The van der Waals surface area contributed by atoms with Crippen LogP contribution in [0.4, 0.5) is 33.3 Å². The van der Waals surface area contributed by atoms with Gasteiger partial charge in [0.05, 0.1) is 12.1 Å². The Morgan fingerprint density at radius 3 is 1.02 bits per heavy atom. The van der Waals surface area contributed by atoms with Crippen molar-refractivity contribution in [3.63, 3.8) is 0 Å². The predicted octanol–water partition coefficient (Wildman–Crippen LogP) is 15.5. The minimum absolute atomic E-state index is 0.215. The van der Waals surface area contributed by atoms with Gasteiger partial charge in [0.25, 0.3) is 0 Å². The monoisotopic (exact) mass is 842 g/mol. The van der Waals surface area contributed by atoms with E-state index in [2.05, 4.69) is 86.9 Å². The quantitative estimate of drug-likeness (QED) is 0.0946. The van der Waals surface area contributed by atoms with Crippen LogP contribution in [-0.4, -0.2) is 0 Å². The Kier molecular flexibility index (Phi) is 11.4. The highest BCUT2D eigenvalue weighted by Crippen LogP contribution is 2.52. The molecular weight excluding hydrogens is 796 g/mol. The molecule has 0 radical (unpaired) electrons. The summed E-state index contributed by atoms with van der Waals surface area (Å²) < 4.78 is 75.5. The number of anilines is 2. The van der Waals surface area contributed by atoms with Crippen LogP contribution in [-0.2, 0) is 0 Å².